The molecule has 0 saturated carbocycles. The summed E-state index contributed by atoms with van der Waals surface area (Å²) in [5.74, 6) is 0. The van der Waals surface area contributed by atoms with E-state index in [4.69, 9.17) is 4.74 Å². The third-order valence-corrected chi connectivity index (χ3v) is 3.02. The second-order valence-electron chi connectivity index (χ2n) is 6.13. The molecule has 2 N–H and O–H groups in total. The van der Waals surface area contributed by atoms with E-state index in [1.165, 1.54) is 5.56 Å². The number of carbonyl (C=O) groups excluding carboxylic acids is 1. The average molecular weight is 304 g/mol. The molecule has 22 heavy (non-hydrogen) atoms. The summed E-state index contributed by atoms with van der Waals surface area (Å²) in [6.07, 6.45) is 4.59. The molecule has 0 radical (unpaired) electrons. The number of carbonyl (C=O) groups is 1. The molecular weight excluding hydrogens is 276 g/mol. The summed E-state index contributed by atoms with van der Waals surface area (Å²) in [4.78, 5) is 11.4. The Morgan fingerprint density at radius 2 is 1.82 bits per heavy atom. The quantitative estimate of drug-likeness (QED) is 0.753. The predicted octanol–water partition coefficient (Wildman–Crippen LogP) is 3.81. The SMILES string of the molecule is CCC(NC/C=C/CNC(=O)OC(C)(C)C)c1ccccc1. The molecule has 1 rings (SSSR count). The summed E-state index contributed by atoms with van der Waals surface area (Å²) < 4.78 is 5.16. The molecule has 0 aliphatic rings. The number of ether oxygens (including phenoxy) is 1. The van der Waals surface area contributed by atoms with Crippen LogP contribution in [0.25, 0.3) is 0 Å². The van der Waals surface area contributed by atoms with E-state index in [0.717, 1.165) is 13.0 Å². The van der Waals surface area contributed by atoms with Crippen LogP contribution in [0.2, 0.25) is 0 Å². The zero-order chi connectivity index (χ0) is 16.4. The topological polar surface area (TPSA) is 50.4 Å². The first-order valence-electron chi connectivity index (χ1n) is 7.82. The van der Waals surface area contributed by atoms with Crippen LogP contribution in [-0.4, -0.2) is 24.8 Å². The highest BCUT2D eigenvalue weighted by Gasteiger charge is 2.14. The summed E-state index contributed by atoms with van der Waals surface area (Å²) in [5.41, 5.74) is 0.838. The van der Waals surface area contributed by atoms with Gasteiger partial charge in [-0.3, -0.25) is 0 Å². The summed E-state index contributed by atoms with van der Waals surface area (Å²) in [7, 11) is 0. The molecule has 0 aliphatic heterocycles. The van der Waals surface area contributed by atoms with E-state index >= 15 is 0 Å². The summed E-state index contributed by atoms with van der Waals surface area (Å²) in [5, 5.41) is 6.18. The Balaban J connectivity index is 2.24. The minimum atomic E-state index is -0.459. The number of hydrogen-bond acceptors (Lipinski definition) is 3. The van der Waals surface area contributed by atoms with Gasteiger partial charge in [-0.15, -0.1) is 0 Å². The van der Waals surface area contributed by atoms with Gasteiger partial charge in [0, 0.05) is 19.1 Å². The highest BCUT2D eigenvalue weighted by molar-refractivity contribution is 5.67. The van der Waals surface area contributed by atoms with Crippen molar-refractivity contribution in [1.29, 1.82) is 0 Å². The Bertz CT molecular complexity index is 464. The molecule has 0 bridgehead atoms. The van der Waals surface area contributed by atoms with Gasteiger partial charge < -0.3 is 15.4 Å². The highest BCUT2D eigenvalue weighted by Crippen LogP contribution is 2.15. The normalized spacial score (nSPS) is 13.1. The van der Waals surface area contributed by atoms with Crippen molar-refractivity contribution in [2.45, 2.75) is 45.8 Å². The summed E-state index contributed by atoms with van der Waals surface area (Å²) in [6, 6.07) is 10.8. The Kier molecular flexibility index (Phi) is 7.67. The number of alkyl carbamates (subject to hydrolysis) is 1. The first-order valence-corrected chi connectivity index (χ1v) is 7.82. The Labute approximate surface area is 133 Å². The minimum absolute atomic E-state index is 0.352. The molecule has 1 unspecified atom stereocenters. The fourth-order valence-corrected chi connectivity index (χ4v) is 2.02. The van der Waals surface area contributed by atoms with Gasteiger partial charge >= 0.3 is 6.09 Å². The van der Waals surface area contributed by atoms with E-state index in [9.17, 15) is 4.79 Å². The van der Waals surface area contributed by atoms with E-state index in [1.54, 1.807) is 0 Å². The summed E-state index contributed by atoms with van der Waals surface area (Å²) >= 11 is 0. The number of benzene rings is 1. The Morgan fingerprint density at radius 1 is 1.18 bits per heavy atom. The van der Waals surface area contributed by atoms with Crippen molar-refractivity contribution in [3.63, 3.8) is 0 Å². The molecule has 0 heterocycles. The van der Waals surface area contributed by atoms with E-state index in [2.05, 4.69) is 41.8 Å². The van der Waals surface area contributed by atoms with Crippen molar-refractivity contribution in [1.82, 2.24) is 10.6 Å². The van der Waals surface area contributed by atoms with Gasteiger partial charge in [0.1, 0.15) is 5.60 Å². The van der Waals surface area contributed by atoms with Crippen LogP contribution in [0.3, 0.4) is 0 Å². The van der Waals surface area contributed by atoms with Crippen molar-refractivity contribution >= 4 is 6.09 Å². The van der Waals surface area contributed by atoms with E-state index in [1.807, 2.05) is 39.0 Å². The van der Waals surface area contributed by atoms with Gasteiger partial charge in [0.25, 0.3) is 0 Å². The van der Waals surface area contributed by atoms with Gasteiger partial charge in [-0.25, -0.2) is 4.79 Å². The Morgan fingerprint density at radius 3 is 2.41 bits per heavy atom. The number of rotatable bonds is 7. The van der Waals surface area contributed by atoms with Crippen LogP contribution >= 0.6 is 0 Å². The Hall–Kier alpha value is -1.81. The van der Waals surface area contributed by atoms with Gasteiger partial charge in [-0.1, -0.05) is 49.4 Å². The van der Waals surface area contributed by atoms with Crippen LogP contribution in [0, 0.1) is 0 Å². The first-order chi connectivity index (χ1) is 10.4. The molecule has 1 aromatic carbocycles. The molecule has 0 spiro atoms. The summed E-state index contributed by atoms with van der Waals surface area (Å²) in [6.45, 7) is 8.95. The number of amides is 1. The lowest BCUT2D eigenvalue weighted by Gasteiger charge is -2.19. The second kappa shape index (κ2) is 9.26. The zero-order valence-corrected chi connectivity index (χ0v) is 14.1. The third kappa shape index (κ3) is 7.84. The molecule has 0 fully saturated rings. The molecule has 1 atom stereocenters. The van der Waals surface area contributed by atoms with Crippen molar-refractivity contribution in [3.8, 4) is 0 Å². The maximum absolute atomic E-state index is 11.4. The third-order valence-electron chi connectivity index (χ3n) is 3.02. The van der Waals surface area contributed by atoms with Crippen molar-refractivity contribution in [3.05, 3.63) is 48.0 Å². The number of nitrogens with one attached hydrogen (secondary N) is 2. The van der Waals surface area contributed by atoms with Gasteiger partial charge in [0.05, 0.1) is 0 Å². The molecular formula is C18H28N2O2. The van der Waals surface area contributed by atoms with Crippen LogP contribution in [0.5, 0.6) is 0 Å². The fraction of sp³-hybridized carbons (Fsp3) is 0.500. The first kappa shape index (κ1) is 18.2. The lowest BCUT2D eigenvalue weighted by atomic mass is 10.0. The smallest absolute Gasteiger partial charge is 0.407 e. The highest BCUT2D eigenvalue weighted by atomic mass is 16.6. The van der Waals surface area contributed by atoms with Crippen LogP contribution < -0.4 is 10.6 Å². The molecule has 4 heteroatoms. The molecule has 0 saturated heterocycles. The van der Waals surface area contributed by atoms with Crippen LogP contribution in [0.1, 0.15) is 45.7 Å². The second-order valence-corrected chi connectivity index (χ2v) is 6.13. The van der Waals surface area contributed by atoms with Crippen LogP contribution in [-0.2, 0) is 4.74 Å². The van der Waals surface area contributed by atoms with Gasteiger partial charge in [-0.05, 0) is 32.8 Å². The molecule has 1 amide bonds. The van der Waals surface area contributed by atoms with Gasteiger partial charge in [-0.2, -0.15) is 0 Å². The van der Waals surface area contributed by atoms with Crippen molar-refractivity contribution in [2.75, 3.05) is 13.1 Å². The molecule has 4 nitrogen and oxygen atoms in total. The standard InChI is InChI=1S/C18H28N2O2/c1-5-16(15-11-7-6-8-12-15)19-13-9-10-14-20-17(21)22-18(2,3)4/h6-12,16,19H,5,13-14H2,1-4H3,(H,20,21)/b10-9+. The zero-order valence-electron chi connectivity index (χ0n) is 14.1. The van der Waals surface area contributed by atoms with Crippen LogP contribution in [0.15, 0.2) is 42.5 Å². The van der Waals surface area contributed by atoms with E-state index in [0.29, 0.717) is 12.6 Å². The van der Waals surface area contributed by atoms with Gasteiger partial charge in [0.15, 0.2) is 0 Å². The average Bonchev–Trinajstić information content (AvgIpc) is 2.45. The van der Waals surface area contributed by atoms with E-state index < -0.39 is 5.60 Å². The van der Waals surface area contributed by atoms with Crippen molar-refractivity contribution < 1.29 is 9.53 Å². The maximum atomic E-state index is 11.4. The molecule has 0 aromatic heterocycles. The van der Waals surface area contributed by atoms with E-state index in [-0.39, 0.29) is 6.09 Å². The van der Waals surface area contributed by atoms with Crippen molar-refractivity contribution in [2.24, 2.45) is 0 Å². The number of hydrogen-bond donors (Lipinski definition) is 2. The monoisotopic (exact) mass is 304 g/mol. The maximum Gasteiger partial charge on any atom is 0.407 e. The fourth-order valence-electron chi connectivity index (χ4n) is 2.02. The predicted molar refractivity (Wildman–Crippen MR) is 90.9 cm³/mol. The molecule has 122 valence electrons. The van der Waals surface area contributed by atoms with Crippen LogP contribution in [0.4, 0.5) is 4.79 Å². The largest absolute Gasteiger partial charge is 0.444 e. The minimum Gasteiger partial charge on any atom is -0.444 e. The van der Waals surface area contributed by atoms with Gasteiger partial charge in [0.2, 0.25) is 0 Å². The molecule has 1 aromatic rings. The molecule has 0 aliphatic carbocycles. The lowest BCUT2D eigenvalue weighted by molar-refractivity contribution is 0.0534. The lowest BCUT2D eigenvalue weighted by Crippen LogP contribution is -2.32.